The van der Waals surface area contributed by atoms with E-state index in [1.807, 2.05) is 0 Å². The molecule has 0 bridgehead atoms. The average molecular weight is 265 g/mol. The van der Waals surface area contributed by atoms with E-state index in [0.29, 0.717) is 12.1 Å². The molecule has 4 heteroatoms. The number of nitrogens with one attached hydrogen (secondary N) is 1. The van der Waals surface area contributed by atoms with Crippen LogP contribution < -0.4 is 11.1 Å². The minimum Gasteiger partial charge on any atom is -0.368 e. The highest BCUT2D eigenvalue weighted by atomic mass is 16.1. The van der Waals surface area contributed by atoms with Crippen LogP contribution in [0.3, 0.4) is 0 Å². The Labute approximate surface area is 116 Å². The smallest absolute Gasteiger partial charge is 0.237 e. The van der Waals surface area contributed by atoms with Gasteiger partial charge in [0.15, 0.2) is 0 Å². The normalized spacial score (nSPS) is 37.2. The first kappa shape index (κ1) is 13.4. The minimum atomic E-state index is -0.415. The SMILES string of the molecule is NC(=O)C1(NC2CC2)CCCC(N2CCCCC2)C1. The highest BCUT2D eigenvalue weighted by molar-refractivity contribution is 5.85. The van der Waals surface area contributed by atoms with E-state index in [9.17, 15) is 4.79 Å². The molecule has 0 spiro atoms. The van der Waals surface area contributed by atoms with Crippen molar-refractivity contribution in [2.24, 2.45) is 5.73 Å². The van der Waals surface area contributed by atoms with Crippen LogP contribution >= 0.6 is 0 Å². The molecule has 19 heavy (non-hydrogen) atoms. The first-order chi connectivity index (χ1) is 9.20. The zero-order valence-electron chi connectivity index (χ0n) is 11.9. The fourth-order valence-corrected chi connectivity index (χ4v) is 3.89. The van der Waals surface area contributed by atoms with Crippen molar-refractivity contribution in [2.75, 3.05) is 13.1 Å². The topological polar surface area (TPSA) is 58.4 Å². The largest absolute Gasteiger partial charge is 0.368 e. The summed E-state index contributed by atoms with van der Waals surface area (Å²) in [6.07, 6.45) is 10.6. The first-order valence-electron chi connectivity index (χ1n) is 8.01. The summed E-state index contributed by atoms with van der Waals surface area (Å²) < 4.78 is 0. The van der Waals surface area contributed by atoms with E-state index in [1.165, 1.54) is 51.6 Å². The molecule has 2 atom stereocenters. The predicted octanol–water partition coefficient (Wildman–Crippen LogP) is 1.39. The zero-order valence-corrected chi connectivity index (χ0v) is 11.9. The van der Waals surface area contributed by atoms with Crippen molar-refractivity contribution in [3.63, 3.8) is 0 Å². The lowest BCUT2D eigenvalue weighted by molar-refractivity contribution is -0.127. The predicted molar refractivity (Wildman–Crippen MR) is 75.8 cm³/mol. The summed E-state index contributed by atoms with van der Waals surface area (Å²) in [5.74, 6) is -0.124. The van der Waals surface area contributed by atoms with E-state index in [-0.39, 0.29) is 5.91 Å². The maximum absolute atomic E-state index is 12.0. The van der Waals surface area contributed by atoms with Crippen LogP contribution in [0.25, 0.3) is 0 Å². The molecule has 3 N–H and O–H groups in total. The first-order valence-corrected chi connectivity index (χ1v) is 8.01. The van der Waals surface area contributed by atoms with E-state index < -0.39 is 5.54 Å². The van der Waals surface area contributed by atoms with Crippen molar-refractivity contribution in [3.05, 3.63) is 0 Å². The highest BCUT2D eigenvalue weighted by Crippen LogP contribution is 2.35. The van der Waals surface area contributed by atoms with Crippen LogP contribution in [0.2, 0.25) is 0 Å². The molecule has 108 valence electrons. The molecule has 3 fully saturated rings. The van der Waals surface area contributed by atoms with Crippen LogP contribution in [0.4, 0.5) is 0 Å². The third kappa shape index (κ3) is 2.95. The number of hydrogen-bond acceptors (Lipinski definition) is 3. The van der Waals surface area contributed by atoms with Crippen LogP contribution in [0.1, 0.15) is 57.8 Å². The van der Waals surface area contributed by atoms with Crippen LogP contribution in [-0.4, -0.2) is 41.5 Å². The van der Waals surface area contributed by atoms with E-state index in [1.54, 1.807) is 0 Å². The quantitative estimate of drug-likeness (QED) is 0.807. The second-order valence-corrected chi connectivity index (χ2v) is 6.71. The van der Waals surface area contributed by atoms with Crippen LogP contribution in [0.15, 0.2) is 0 Å². The Morgan fingerprint density at radius 3 is 2.47 bits per heavy atom. The van der Waals surface area contributed by atoms with Gasteiger partial charge in [0, 0.05) is 12.1 Å². The Balaban J connectivity index is 1.68. The molecule has 2 aliphatic carbocycles. The van der Waals surface area contributed by atoms with Crippen molar-refractivity contribution < 1.29 is 4.79 Å². The summed E-state index contributed by atoms with van der Waals surface area (Å²) in [4.78, 5) is 14.6. The fourth-order valence-electron chi connectivity index (χ4n) is 3.89. The summed E-state index contributed by atoms with van der Waals surface area (Å²) in [6, 6.07) is 1.11. The van der Waals surface area contributed by atoms with Crippen molar-refractivity contribution in [1.82, 2.24) is 10.2 Å². The molecule has 0 aromatic carbocycles. The van der Waals surface area contributed by atoms with Crippen molar-refractivity contribution in [1.29, 1.82) is 0 Å². The van der Waals surface area contributed by atoms with Gasteiger partial charge < -0.3 is 16.0 Å². The van der Waals surface area contributed by atoms with Gasteiger partial charge in [-0.15, -0.1) is 0 Å². The maximum atomic E-state index is 12.0. The number of primary amides is 1. The second-order valence-electron chi connectivity index (χ2n) is 6.71. The molecule has 1 aliphatic heterocycles. The monoisotopic (exact) mass is 265 g/mol. The third-order valence-electron chi connectivity index (χ3n) is 5.16. The number of carbonyl (C=O) groups excluding carboxylic acids is 1. The molecule has 4 nitrogen and oxygen atoms in total. The summed E-state index contributed by atoms with van der Waals surface area (Å²) in [7, 11) is 0. The standard InChI is InChI=1S/C15H27N3O/c16-14(19)15(17-12-6-7-12)8-4-5-13(11-15)18-9-2-1-3-10-18/h12-13,17H,1-11H2,(H2,16,19). The van der Waals surface area contributed by atoms with Gasteiger partial charge in [-0.05, 0) is 64.5 Å². The number of hydrogen-bond donors (Lipinski definition) is 2. The number of likely N-dealkylation sites (tertiary alicyclic amines) is 1. The molecular weight excluding hydrogens is 238 g/mol. The molecular formula is C15H27N3O. The molecule has 0 aromatic rings. The van der Waals surface area contributed by atoms with Gasteiger partial charge in [-0.2, -0.15) is 0 Å². The van der Waals surface area contributed by atoms with Gasteiger partial charge in [-0.1, -0.05) is 6.42 Å². The molecule has 3 aliphatic rings. The minimum absolute atomic E-state index is 0.124. The highest BCUT2D eigenvalue weighted by Gasteiger charge is 2.45. The van der Waals surface area contributed by atoms with Gasteiger partial charge in [-0.25, -0.2) is 0 Å². The zero-order chi connectivity index (χ0) is 13.3. The van der Waals surface area contributed by atoms with Crippen molar-refractivity contribution in [3.8, 4) is 0 Å². The molecule has 1 heterocycles. The summed E-state index contributed by atoms with van der Waals surface area (Å²) in [6.45, 7) is 2.42. The van der Waals surface area contributed by atoms with Gasteiger partial charge in [0.1, 0.15) is 0 Å². The fraction of sp³-hybridized carbons (Fsp3) is 0.933. The number of nitrogens with two attached hydrogens (primary N) is 1. The molecule has 1 amide bonds. The summed E-state index contributed by atoms with van der Waals surface area (Å²) >= 11 is 0. The Hall–Kier alpha value is -0.610. The van der Waals surface area contributed by atoms with E-state index in [4.69, 9.17) is 5.73 Å². The van der Waals surface area contributed by atoms with Crippen molar-refractivity contribution in [2.45, 2.75) is 75.4 Å². The molecule has 0 radical (unpaired) electrons. The lowest BCUT2D eigenvalue weighted by Gasteiger charge is -2.44. The Morgan fingerprint density at radius 2 is 1.84 bits per heavy atom. The number of nitrogens with zero attached hydrogens (tertiary/aromatic N) is 1. The Kier molecular flexibility index (Phi) is 3.81. The van der Waals surface area contributed by atoms with Gasteiger partial charge in [0.05, 0.1) is 5.54 Å². The number of piperidine rings is 1. The van der Waals surface area contributed by atoms with Crippen LogP contribution in [0, 0.1) is 0 Å². The second kappa shape index (κ2) is 5.41. The molecule has 3 rings (SSSR count). The van der Waals surface area contributed by atoms with Gasteiger partial charge in [0.25, 0.3) is 0 Å². The molecule has 2 saturated carbocycles. The van der Waals surface area contributed by atoms with E-state index in [0.717, 1.165) is 19.3 Å². The Morgan fingerprint density at radius 1 is 1.11 bits per heavy atom. The lowest BCUT2D eigenvalue weighted by atomic mass is 9.77. The summed E-state index contributed by atoms with van der Waals surface area (Å²) in [5, 5.41) is 3.57. The molecule has 0 aromatic heterocycles. The van der Waals surface area contributed by atoms with Gasteiger partial charge >= 0.3 is 0 Å². The van der Waals surface area contributed by atoms with E-state index in [2.05, 4.69) is 10.2 Å². The van der Waals surface area contributed by atoms with E-state index >= 15 is 0 Å². The lowest BCUT2D eigenvalue weighted by Crippen LogP contribution is -2.61. The number of amides is 1. The van der Waals surface area contributed by atoms with Crippen LogP contribution in [0.5, 0.6) is 0 Å². The Bertz CT molecular complexity index is 336. The third-order valence-corrected chi connectivity index (χ3v) is 5.16. The van der Waals surface area contributed by atoms with Crippen molar-refractivity contribution >= 4 is 5.91 Å². The maximum Gasteiger partial charge on any atom is 0.237 e. The van der Waals surface area contributed by atoms with Crippen LogP contribution in [-0.2, 0) is 4.79 Å². The average Bonchev–Trinajstić information content (AvgIpc) is 3.24. The number of carbonyl (C=O) groups is 1. The number of rotatable bonds is 4. The molecule has 2 unspecified atom stereocenters. The van der Waals surface area contributed by atoms with Gasteiger partial charge in [-0.3, -0.25) is 4.79 Å². The van der Waals surface area contributed by atoms with Gasteiger partial charge in [0.2, 0.25) is 5.91 Å². The summed E-state index contributed by atoms with van der Waals surface area (Å²) in [5.41, 5.74) is 5.33. The molecule has 1 saturated heterocycles.